The molecule has 0 rings (SSSR count). The van der Waals surface area contributed by atoms with Crippen molar-refractivity contribution in [1.82, 2.24) is 0 Å². The fourth-order valence-corrected chi connectivity index (χ4v) is 1.74. The molecule has 0 aliphatic heterocycles. The summed E-state index contributed by atoms with van der Waals surface area (Å²) in [7, 11) is 0. The standard InChI is InChI=1S/C13H27NO/c1-5-12(10(2)3)9-7-6-8-11(4)13(14)15/h5,10-13,15H,1,6-9,14H2,2-4H3/t11-,12-,13-/m0/s1. The van der Waals surface area contributed by atoms with E-state index in [1.165, 1.54) is 12.8 Å². The van der Waals surface area contributed by atoms with Crippen molar-refractivity contribution in [2.75, 3.05) is 0 Å². The molecule has 0 heterocycles. The van der Waals surface area contributed by atoms with Crippen molar-refractivity contribution in [3.05, 3.63) is 12.7 Å². The first-order valence-electron chi connectivity index (χ1n) is 6.05. The Morgan fingerprint density at radius 1 is 1.20 bits per heavy atom. The Labute approximate surface area is 94.6 Å². The number of hydrogen-bond donors (Lipinski definition) is 2. The van der Waals surface area contributed by atoms with Crippen LogP contribution in [0.2, 0.25) is 0 Å². The van der Waals surface area contributed by atoms with E-state index in [-0.39, 0.29) is 5.92 Å². The molecule has 2 heteroatoms. The van der Waals surface area contributed by atoms with Gasteiger partial charge in [-0.15, -0.1) is 6.58 Å². The van der Waals surface area contributed by atoms with Crippen molar-refractivity contribution in [2.24, 2.45) is 23.5 Å². The molecule has 0 aromatic rings. The van der Waals surface area contributed by atoms with E-state index in [4.69, 9.17) is 10.8 Å². The van der Waals surface area contributed by atoms with Gasteiger partial charge in [0.25, 0.3) is 0 Å². The monoisotopic (exact) mass is 213 g/mol. The molecule has 15 heavy (non-hydrogen) atoms. The van der Waals surface area contributed by atoms with Crippen LogP contribution < -0.4 is 5.73 Å². The molecule has 0 aliphatic carbocycles. The van der Waals surface area contributed by atoms with E-state index in [2.05, 4.69) is 26.5 Å². The summed E-state index contributed by atoms with van der Waals surface area (Å²) in [6.45, 7) is 10.3. The summed E-state index contributed by atoms with van der Waals surface area (Å²) < 4.78 is 0. The highest BCUT2D eigenvalue weighted by atomic mass is 16.3. The second kappa shape index (κ2) is 7.89. The fourth-order valence-electron chi connectivity index (χ4n) is 1.74. The van der Waals surface area contributed by atoms with Crippen LogP contribution in [0.5, 0.6) is 0 Å². The molecular weight excluding hydrogens is 186 g/mol. The highest BCUT2D eigenvalue weighted by Gasteiger charge is 2.11. The lowest BCUT2D eigenvalue weighted by Crippen LogP contribution is -2.27. The number of allylic oxidation sites excluding steroid dienone is 1. The summed E-state index contributed by atoms with van der Waals surface area (Å²) in [4.78, 5) is 0. The van der Waals surface area contributed by atoms with E-state index in [1.807, 2.05) is 6.92 Å². The van der Waals surface area contributed by atoms with E-state index < -0.39 is 6.23 Å². The molecule has 3 atom stereocenters. The van der Waals surface area contributed by atoms with Gasteiger partial charge in [-0.25, -0.2) is 0 Å². The smallest absolute Gasteiger partial charge is 0.104 e. The predicted octanol–water partition coefficient (Wildman–Crippen LogP) is 2.92. The highest BCUT2D eigenvalue weighted by molar-refractivity contribution is 4.81. The van der Waals surface area contributed by atoms with Crippen LogP contribution in [0, 0.1) is 17.8 Å². The Balaban J connectivity index is 3.57. The number of aliphatic hydroxyl groups is 1. The molecule has 3 N–H and O–H groups in total. The number of rotatable bonds is 8. The zero-order chi connectivity index (χ0) is 11.8. The van der Waals surface area contributed by atoms with Crippen LogP contribution in [0.1, 0.15) is 46.5 Å². The molecule has 0 aromatic carbocycles. The molecule has 0 saturated carbocycles. The molecule has 0 amide bonds. The molecule has 0 fully saturated rings. The summed E-state index contributed by atoms with van der Waals surface area (Å²) in [5.41, 5.74) is 5.39. The molecular formula is C13H27NO. The highest BCUT2D eigenvalue weighted by Crippen LogP contribution is 2.20. The van der Waals surface area contributed by atoms with Gasteiger partial charge in [0.1, 0.15) is 6.23 Å². The SMILES string of the molecule is C=C[C@@H](CCCC[C@H](C)[C@@H](N)O)C(C)C. The Kier molecular flexibility index (Phi) is 7.71. The summed E-state index contributed by atoms with van der Waals surface area (Å²) in [6, 6.07) is 0. The minimum atomic E-state index is -0.662. The molecule has 0 unspecified atom stereocenters. The predicted molar refractivity (Wildman–Crippen MR) is 66.4 cm³/mol. The van der Waals surface area contributed by atoms with Crippen molar-refractivity contribution in [3.8, 4) is 0 Å². The van der Waals surface area contributed by atoms with Gasteiger partial charge in [-0.3, -0.25) is 0 Å². The van der Waals surface area contributed by atoms with Crippen molar-refractivity contribution in [3.63, 3.8) is 0 Å². The van der Waals surface area contributed by atoms with Crippen molar-refractivity contribution in [1.29, 1.82) is 0 Å². The number of unbranched alkanes of at least 4 members (excludes halogenated alkanes) is 1. The fraction of sp³-hybridized carbons (Fsp3) is 0.846. The lowest BCUT2D eigenvalue weighted by Gasteiger charge is -2.17. The molecule has 0 spiro atoms. The Bertz CT molecular complexity index is 166. The molecule has 2 nitrogen and oxygen atoms in total. The van der Waals surface area contributed by atoms with Gasteiger partial charge >= 0.3 is 0 Å². The van der Waals surface area contributed by atoms with E-state index >= 15 is 0 Å². The van der Waals surface area contributed by atoms with E-state index in [0.717, 1.165) is 12.8 Å². The molecule has 0 aliphatic rings. The lowest BCUT2D eigenvalue weighted by molar-refractivity contribution is 0.116. The van der Waals surface area contributed by atoms with Crippen LogP contribution >= 0.6 is 0 Å². The van der Waals surface area contributed by atoms with E-state index in [0.29, 0.717) is 11.8 Å². The average Bonchev–Trinajstić information content (AvgIpc) is 2.16. The first kappa shape index (κ1) is 14.7. The van der Waals surface area contributed by atoms with Crippen LogP contribution in [0.15, 0.2) is 12.7 Å². The van der Waals surface area contributed by atoms with Crippen molar-refractivity contribution >= 4 is 0 Å². The van der Waals surface area contributed by atoms with Crippen LogP contribution in [0.3, 0.4) is 0 Å². The Morgan fingerprint density at radius 2 is 1.73 bits per heavy atom. The molecule has 0 saturated heterocycles. The largest absolute Gasteiger partial charge is 0.379 e. The molecule has 0 aromatic heterocycles. The first-order valence-corrected chi connectivity index (χ1v) is 6.05. The summed E-state index contributed by atoms with van der Waals surface area (Å²) >= 11 is 0. The topological polar surface area (TPSA) is 46.2 Å². The van der Waals surface area contributed by atoms with E-state index in [9.17, 15) is 0 Å². The number of nitrogens with two attached hydrogens (primary N) is 1. The molecule has 0 radical (unpaired) electrons. The maximum absolute atomic E-state index is 9.13. The number of aliphatic hydroxyl groups excluding tert-OH is 1. The van der Waals surface area contributed by atoms with Gasteiger partial charge in [0, 0.05) is 0 Å². The van der Waals surface area contributed by atoms with Crippen molar-refractivity contribution < 1.29 is 5.11 Å². The van der Waals surface area contributed by atoms with Crippen molar-refractivity contribution in [2.45, 2.75) is 52.7 Å². The minimum Gasteiger partial charge on any atom is -0.379 e. The Hall–Kier alpha value is -0.340. The van der Waals surface area contributed by atoms with E-state index in [1.54, 1.807) is 0 Å². The molecule has 90 valence electrons. The zero-order valence-electron chi connectivity index (χ0n) is 10.4. The maximum Gasteiger partial charge on any atom is 0.104 e. The summed E-state index contributed by atoms with van der Waals surface area (Å²) in [5.74, 6) is 1.52. The normalized spacial score (nSPS) is 17.5. The molecule has 0 bridgehead atoms. The first-order chi connectivity index (χ1) is 6.99. The van der Waals surface area contributed by atoms with Crippen LogP contribution in [-0.4, -0.2) is 11.3 Å². The Morgan fingerprint density at radius 3 is 2.13 bits per heavy atom. The maximum atomic E-state index is 9.13. The average molecular weight is 213 g/mol. The van der Waals surface area contributed by atoms with Gasteiger partial charge in [0.15, 0.2) is 0 Å². The van der Waals surface area contributed by atoms with Crippen LogP contribution in [0.25, 0.3) is 0 Å². The van der Waals surface area contributed by atoms with Gasteiger partial charge in [0.2, 0.25) is 0 Å². The van der Waals surface area contributed by atoms with Gasteiger partial charge in [-0.2, -0.15) is 0 Å². The quantitative estimate of drug-likeness (QED) is 0.370. The third-order valence-corrected chi connectivity index (χ3v) is 3.19. The zero-order valence-corrected chi connectivity index (χ0v) is 10.4. The van der Waals surface area contributed by atoms with Gasteiger partial charge in [0.05, 0.1) is 0 Å². The third-order valence-electron chi connectivity index (χ3n) is 3.19. The second-order valence-electron chi connectivity index (χ2n) is 4.90. The summed E-state index contributed by atoms with van der Waals surface area (Å²) in [6.07, 6.45) is 5.96. The third kappa shape index (κ3) is 6.69. The van der Waals surface area contributed by atoms with Gasteiger partial charge in [-0.1, -0.05) is 39.7 Å². The minimum absolute atomic E-state index is 0.214. The van der Waals surface area contributed by atoms with Crippen LogP contribution in [0.4, 0.5) is 0 Å². The number of hydrogen-bond acceptors (Lipinski definition) is 2. The van der Waals surface area contributed by atoms with Crippen LogP contribution in [-0.2, 0) is 0 Å². The van der Waals surface area contributed by atoms with Gasteiger partial charge < -0.3 is 10.8 Å². The lowest BCUT2D eigenvalue weighted by atomic mass is 9.89. The van der Waals surface area contributed by atoms with Gasteiger partial charge in [-0.05, 0) is 30.6 Å². The summed E-state index contributed by atoms with van der Waals surface area (Å²) in [5, 5.41) is 9.13. The second-order valence-corrected chi connectivity index (χ2v) is 4.90.